The molecule has 0 aromatic heterocycles. The Hall–Kier alpha value is -2.50. The van der Waals surface area contributed by atoms with Gasteiger partial charge in [-0.25, -0.2) is 0 Å². The molecule has 0 atom stereocenters. The van der Waals surface area contributed by atoms with E-state index < -0.39 is 0 Å². The minimum Gasteiger partial charge on any atom is -0.493 e. The molecular weight excluding hydrogens is 320 g/mol. The SMILES string of the molecule is CC=Cc1ccc(OCC(=O)NC2CCN(C(C)=O)CC2)c(OC)c1. The summed E-state index contributed by atoms with van der Waals surface area (Å²) in [6.45, 7) is 4.82. The van der Waals surface area contributed by atoms with E-state index in [-0.39, 0.29) is 24.5 Å². The lowest BCUT2D eigenvalue weighted by atomic mass is 10.1. The number of rotatable bonds is 6. The van der Waals surface area contributed by atoms with E-state index in [9.17, 15) is 9.59 Å². The molecule has 1 N–H and O–H groups in total. The Labute approximate surface area is 148 Å². The summed E-state index contributed by atoms with van der Waals surface area (Å²) in [5.41, 5.74) is 1.01. The zero-order valence-corrected chi connectivity index (χ0v) is 15.1. The van der Waals surface area contributed by atoms with Gasteiger partial charge in [-0.2, -0.15) is 0 Å². The molecular formula is C19H26N2O4. The zero-order chi connectivity index (χ0) is 18.2. The highest BCUT2D eigenvalue weighted by atomic mass is 16.5. The van der Waals surface area contributed by atoms with E-state index in [1.165, 1.54) is 0 Å². The van der Waals surface area contributed by atoms with Crippen molar-refractivity contribution < 1.29 is 19.1 Å². The molecule has 0 spiro atoms. The summed E-state index contributed by atoms with van der Waals surface area (Å²) in [4.78, 5) is 25.2. The number of ether oxygens (including phenoxy) is 2. The highest BCUT2D eigenvalue weighted by molar-refractivity contribution is 5.78. The van der Waals surface area contributed by atoms with E-state index in [0.717, 1.165) is 18.4 Å². The average molecular weight is 346 g/mol. The van der Waals surface area contributed by atoms with Crippen LogP contribution in [0, 0.1) is 0 Å². The third kappa shape index (κ3) is 5.52. The Balaban J connectivity index is 1.83. The van der Waals surface area contributed by atoms with Crippen molar-refractivity contribution in [3.8, 4) is 11.5 Å². The molecule has 1 aromatic rings. The van der Waals surface area contributed by atoms with Gasteiger partial charge in [0.1, 0.15) is 0 Å². The number of amides is 2. The van der Waals surface area contributed by atoms with Crippen LogP contribution in [0.3, 0.4) is 0 Å². The van der Waals surface area contributed by atoms with Gasteiger partial charge >= 0.3 is 0 Å². The molecule has 2 rings (SSSR count). The van der Waals surface area contributed by atoms with Crippen LogP contribution in [0.25, 0.3) is 6.08 Å². The molecule has 0 saturated carbocycles. The average Bonchev–Trinajstić information content (AvgIpc) is 2.61. The molecule has 1 heterocycles. The number of nitrogens with one attached hydrogen (secondary N) is 1. The number of allylic oxidation sites excluding steroid dienone is 1. The lowest BCUT2D eigenvalue weighted by molar-refractivity contribution is -0.130. The maximum absolute atomic E-state index is 12.1. The van der Waals surface area contributed by atoms with Crippen molar-refractivity contribution in [1.29, 1.82) is 0 Å². The fourth-order valence-corrected chi connectivity index (χ4v) is 2.85. The number of nitrogens with zero attached hydrogens (tertiary/aromatic N) is 1. The van der Waals surface area contributed by atoms with Crippen LogP contribution in [0.5, 0.6) is 11.5 Å². The summed E-state index contributed by atoms with van der Waals surface area (Å²) >= 11 is 0. The number of benzene rings is 1. The molecule has 0 unspecified atom stereocenters. The highest BCUT2D eigenvalue weighted by Crippen LogP contribution is 2.28. The molecule has 1 saturated heterocycles. The van der Waals surface area contributed by atoms with Crippen molar-refractivity contribution in [3.63, 3.8) is 0 Å². The second-order valence-electron chi connectivity index (χ2n) is 6.05. The summed E-state index contributed by atoms with van der Waals surface area (Å²) in [6.07, 6.45) is 5.45. The molecule has 136 valence electrons. The molecule has 0 bridgehead atoms. The Morgan fingerprint density at radius 2 is 2.00 bits per heavy atom. The van der Waals surface area contributed by atoms with Gasteiger partial charge in [0, 0.05) is 26.1 Å². The van der Waals surface area contributed by atoms with Crippen LogP contribution in [-0.2, 0) is 9.59 Å². The number of hydrogen-bond acceptors (Lipinski definition) is 4. The first kappa shape index (κ1) is 18.8. The van der Waals surface area contributed by atoms with E-state index in [1.807, 2.05) is 31.2 Å². The molecule has 1 aromatic carbocycles. The second kappa shape index (κ2) is 9.11. The fraction of sp³-hybridized carbons (Fsp3) is 0.474. The van der Waals surface area contributed by atoms with Gasteiger partial charge in [-0.05, 0) is 37.5 Å². The number of piperidine rings is 1. The first-order chi connectivity index (χ1) is 12.0. The van der Waals surface area contributed by atoms with E-state index in [2.05, 4.69) is 5.32 Å². The normalized spacial score (nSPS) is 15.2. The van der Waals surface area contributed by atoms with Crippen LogP contribution in [-0.4, -0.2) is 49.6 Å². The van der Waals surface area contributed by atoms with E-state index in [4.69, 9.17) is 9.47 Å². The van der Waals surface area contributed by atoms with Crippen LogP contribution in [0.1, 0.15) is 32.3 Å². The smallest absolute Gasteiger partial charge is 0.258 e. The second-order valence-corrected chi connectivity index (χ2v) is 6.05. The number of hydrogen-bond donors (Lipinski definition) is 1. The Bertz CT molecular complexity index is 634. The third-order valence-corrected chi connectivity index (χ3v) is 4.21. The van der Waals surface area contributed by atoms with Crippen molar-refractivity contribution in [2.24, 2.45) is 0 Å². The summed E-state index contributed by atoms with van der Waals surface area (Å²) in [6, 6.07) is 5.66. The third-order valence-electron chi connectivity index (χ3n) is 4.21. The number of likely N-dealkylation sites (tertiary alicyclic amines) is 1. The zero-order valence-electron chi connectivity index (χ0n) is 15.1. The first-order valence-electron chi connectivity index (χ1n) is 8.52. The first-order valence-corrected chi connectivity index (χ1v) is 8.52. The van der Waals surface area contributed by atoms with E-state index in [1.54, 1.807) is 25.0 Å². The standard InChI is InChI=1S/C19H26N2O4/c1-4-5-15-6-7-17(18(12-15)24-3)25-13-19(23)20-16-8-10-21(11-9-16)14(2)22/h4-7,12,16H,8-11,13H2,1-3H3,(H,20,23). The van der Waals surface area contributed by atoms with E-state index in [0.29, 0.717) is 24.6 Å². The number of carbonyl (C=O) groups excluding carboxylic acids is 2. The van der Waals surface area contributed by atoms with Crippen molar-refractivity contribution >= 4 is 17.9 Å². The highest BCUT2D eigenvalue weighted by Gasteiger charge is 2.22. The van der Waals surface area contributed by atoms with Gasteiger partial charge in [0.15, 0.2) is 18.1 Å². The number of carbonyl (C=O) groups is 2. The molecule has 1 fully saturated rings. The predicted octanol–water partition coefficient (Wildman–Crippen LogP) is 2.23. The molecule has 2 amide bonds. The summed E-state index contributed by atoms with van der Waals surface area (Å²) < 4.78 is 10.9. The van der Waals surface area contributed by atoms with Crippen LogP contribution in [0.2, 0.25) is 0 Å². The number of methoxy groups -OCH3 is 1. The molecule has 1 aliphatic rings. The molecule has 1 aliphatic heterocycles. The van der Waals surface area contributed by atoms with Crippen molar-refractivity contribution in [3.05, 3.63) is 29.8 Å². The van der Waals surface area contributed by atoms with Gasteiger partial charge in [0.2, 0.25) is 5.91 Å². The maximum atomic E-state index is 12.1. The van der Waals surface area contributed by atoms with Gasteiger partial charge < -0.3 is 19.7 Å². The minimum atomic E-state index is -0.166. The van der Waals surface area contributed by atoms with Crippen molar-refractivity contribution in [1.82, 2.24) is 10.2 Å². The van der Waals surface area contributed by atoms with Crippen molar-refractivity contribution in [2.45, 2.75) is 32.7 Å². The van der Waals surface area contributed by atoms with Crippen LogP contribution < -0.4 is 14.8 Å². The van der Waals surface area contributed by atoms with Crippen LogP contribution >= 0.6 is 0 Å². The van der Waals surface area contributed by atoms with Crippen LogP contribution in [0.4, 0.5) is 0 Å². The quantitative estimate of drug-likeness (QED) is 0.858. The predicted molar refractivity (Wildman–Crippen MR) is 96.6 cm³/mol. The van der Waals surface area contributed by atoms with Gasteiger partial charge in [-0.1, -0.05) is 18.2 Å². The summed E-state index contributed by atoms with van der Waals surface area (Å²) in [7, 11) is 1.57. The van der Waals surface area contributed by atoms with Gasteiger partial charge in [0.25, 0.3) is 5.91 Å². The molecule has 25 heavy (non-hydrogen) atoms. The Morgan fingerprint density at radius 1 is 1.28 bits per heavy atom. The largest absolute Gasteiger partial charge is 0.493 e. The Morgan fingerprint density at radius 3 is 2.60 bits per heavy atom. The lowest BCUT2D eigenvalue weighted by Gasteiger charge is -2.31. The van der Waals surface area contributed by atoms with Gasteiger partial charge in [-0.3, -0.25) is 9.59 Å². The van der Waals surface area contributed by atoms with Gasteiger partial charge in [-0.15, -0.1) is 0 Å². The fourth-order valence-electron chi connectivity index (χ4n) is 2.85. The molecule has 6 heteroatoms. The molecule has 0 aliphatic carbocycles. The molecule has 6 nitrogen and oxygen atoms in total. The maximum Gasteiger partial charge on any atom is 0.258 e. The Kier molecular flexibility index (Phi) is 6.86. The van der Waals surface area contributed by atoms with E-state index >= 15 is 0 Å². The van der Waals surface area contributed by atoms with Gasteiger partial charge in [0.05, 0.1) is 7.11 Å². The molecule has 0 radical (unpaired) electrons. The summed E-state index contributed by atoms with van der Waals surface area (Å²) in [5.74, 6) is 1.05. The topological polar surface area (TPSA) is 67.9 Å². The monoisotopic (exact) mass is 346 g/mol. The van der Waals surface area contributed by atoms with Crippen molar-refractivity contribution in [2.75, 3.05) is 26.8 Å². The van der Waals surface area contributed by atoms with Crippen LogP contribution in [0.15, 0.2) is 24.3 Å². The lowest BCUT2D eigenvalue weighted by Crippen LogP contribution is -2.47. The minimum absolute atomic E-state index is 0.0632. The summed E-state index contributed by atoms with van der Waals surface area (Å²) in [5, 5.41) is 2.96.